The van der Waals surface area contributed by atoms with Gasteiger partial charge in [-0.15, -0.1) is 10.2 Å². The lowest BCUT2D eigenvalue weighted by atomic mass is 10.1. The van der Waals surface area contributed by atoms with Crippen LogP contribution < -0.4 is 5.01 Å². The molecular formula is C20H15N5O3S. The van der Waals surface area contributed by atoms with E-state index in [1.807, 2.05) is 0 Å². The maximum Gasteiger partial charge on any atom is 0.281 e. The Hall–Kier alpha value is -3.33. The maximum atomic E-state index is 13.0. The van der Waals surface area contributed by atoms with Gasteiger partial charge in [0, 0.05) is 12.1 Å². The molecule has 144 valence electrons. The normalized spacial score (nSPS) is 15.7. The molecule has 5 rings (SSSR count). The van der Waals surface area contributed by atoms with Crippen molar-refractivity contribution < 1.29 is 14.4 Å². The molecule has 1 aliphatic heterocycles. The van der Waals surface area contributed by atoms with Crippen LogP contribution in [0.25, 0.3) is 11.5 Å². The van der Waals surface area contributed by atoms with Gasteiger partial charge in [0.25, 0.3) is 11.8 Å². The summed E-state index contributed by atoms with van der Waals surface area (Å²) in [5.74, 6) is -0.175. The molecule has 0 N–H and O–H groups in total. The average Bonchev–Trinajstić information content (AvgIpc) is 3.48. The molecule has 29 heavy (non-hydrogen) atoms. The minimum atomic E-state index is -0.460. The molecule has 0 unspecified atom stereocenters. The largest absolute Gasteiger partial charge is 0.298 e. The molecule has 9 heteroatoms. The van der Waals surface area contributed by atoms with E-state index in [4.69, 9.17) is 0 Å². The number of thioether (sulfide) groups is 1. The Kier molecular flexibility index (Phi) is 4.24. The summed E-state index contributed by atoms with van der Waals surface area (Å²) in [5, 5.41) is 9.66. The molecular weight excluding hydrogens is 390 g/mol. The Morgan fingerprint density at radius 1 is 1.00 bits per heavy atom. The fraction of sp³-hybridized carbons (Fsp3) is 0.200. The smallest absolute Gasteiger partial charge is 0.281 e. The number of ketones is 1. The van der Waals surface area contributed by atoms with Gasteiger partial charge in [-0.25, -0.2) is 0 Å². The topological polar surface area (TPSA) is 98.1 Å². The summed E-state index contributed by atoms with van der Waals surface area (Å²) in [7, 11) is 0. The Bertz CT molecular complexity index is 1110. The van der Waals surface area contributed by atoms with Crippen molar-refractivity contribution in [3.63, 3.8) is 0 Å². The van der Waals surface area contributed by atoms with Crippen molar-refractivity contribution in [3.8, 4) is 11.5 Å². The number of fused-ring (bicyclic) bond motifs is 1. The van der Waals surface area contributed by atoms with E-state index in [1.54, 1.807) is 48.7 Å². The monoisotopic (exact) mass is 405 g/mol. The van der Waals surface area contributed by atoms with Gasteiger partial charge in [0.05, 0.1) is 16.9 Å². The van der Waals surface area contributed by atoms with Gasteiger partial charge in [-0.1, -0.05) is 30.0 Å². The molecule has 0 bridgehead atoms. The molecule has 1 aliphatic carbocycles. The van der Waals surface area contributed by atoms with Crippen LogP contribution in [0.4, 0.5) is 0 Å². The second kappa shape index (κ2) is 6.93. The zero-order chi connectivity index (χ0) is 20.0. The first kappa shape index (κ1) is 17.7. The third-order valence-electron chi connectivity index (χ3n) is 4.85. The van der Waals surface area contributed by atoms with Gasteiger partial charge in [-0.3, -0.25) is 19.4 Å². The molecule has 0 spiro atoms. The van der Waals surface area contributed by atoms with Crippen LogP contribution in [0.15, 0.2) is 53.8 Å². The summed E-state index contributed by atoms with van der Waals surface area (Å²) < 4.78 is 1.37. The number of hydrogen-bond donors (Lipinski definition) is 0. The van der Waals surface area contributed by atoms with E-state index in [9.17, 15) is 14.4 Å². The highest BCUT2D eigenvalue weighted by Crippen LogP contribution is 2.33. The van der Waals surface area contributed by atoms with Crippen molar-refractivity contribution in [2.75, 3.05) is 10.8 Å². The second-order valence-corrected chi connectivity index (χ2v) is 7.77. The number of benzene rings is 1. The fourth-order valence-electron chi connectivity index (χ4n) is 3.21. The minimum absolute atomic E-state index is 0.119. The Morgan fingerprint density at radius 3 is 2.31 bits per heavy atom. The standard InChI is InChI=1S/C20H15N5O3S/c26-16(12-8-9-12)11-29-20-23-22-17(15-7-3-4-10-21-15)24(20)25-18(27)13-5-1-2-6-14(13)19(25)28/h1-7,10,12H,8-9,11H2. The van der Waals surface area contributed by atoms with Crippen LogP contribution in [0.5, 0.6) is 0 Å². The molecule has 1 fully saturated rings. The maximum absolute atomic E-state index is 13.0. The van der Waals surface area contributed by atoms with Crippen LogP contribution >= 0.6 is 11.8 Å². The average molecular weight is 405 g/mol. The third kappa shape index (κ3) is 3.03. The molecule has 1 aromatic carbocycles. The quantitative estimate of drug-likeness (QED) is 0.458. The van der Waals surface area contributed by atoms with Gasteiger partial charge in [0.2, 0.25) is 11.0 Å². The number of aromatic nitrogens is 4. The molecule has 0 atom stereocenters. The number of carbonyl (C=O) groups is 3. The van der Waals surface area contributed by atoms with Gasteiger partial charge in [0.1, 0.15) is 11.5 Å². The lowest BCUT2D eigenvalue weighted by molar-refractivity contribution is -0.117. The summed E-state index contributed by atoms with van der Waals surface area (Å²) in [5.41, 5.74) is 1.11. The first-order chi connectivity index (χ1) is 14.1. The van der Waals surface area contributed by atoms with Crippen molar-refractivity contribution in [1.82, 2.24) is 19.9 Å². The van der Waals surface area contributed by atoms with E-state index in [1.165, 1.54) is 16.4 Å². The van der Waals surface area contributed by atoms with Crippen LogP contribution in [0.1, 0.15) is 33.6 Å². The van der Waals surface area contributed by atoms with Crippen molar-refractivity contribution in [3.05, 3.63) is 59.8 Å². The first-order valence-electron chi connectivity index (χ1n) is 9.15. The highest BCUT2D eigenvalue weighted by atomic mass is 32.2. The van der Waals surface area contributed by atoms with E-state index in [0.29, 0.717) is 22.0 Å². The van der Waals surface area contributed by atoms with Crippen molar-refractivity contribution >= 4 is 29.4 Å². The Labute approximate surface area is 169 Å². The van der Waals surface area contributed by atoms with Crippen LogP contribution in [-0.2, 0) is 4.79 Å². The molecule has 3 aromatic rings. The Morgan fingerprint density at radius 2 is 1.69 bits per heavy atom. The summed E-state index contributed by atoms with van der Waals surface area (Å²) in [6.07, 6.45) is 3.44. The SMILES string of the molecule is O=C(CSc1nnc(-c2ccccn2)n1N1C(=O)c2ccccc2C1=O)C1CC1. The molecule has 3 heterocycles. The number of Topliss-reactive ketones (excluding diaryl/α,β-unsaturated/α-hetero) is 1. The van der Waals surface area contributed by atoms with E-state index in [2.05, 4.69) is 15.2 Å². The summed E-state index contributed by atoms with van der Waals surface area (Å²) in [6, 6.07) is 11.9. The number of carbonyl (C=O) groups excluding carboxylic acids is 3. The number of rotatable bonds is 6. The highest BCUT2D eigenvalue weighted by Gasteiger charge is 2.40. The zero-order valence-corrected chi connectivity index (χ0v) is 16.0. The molecule has 2 aromatic heterocycles. The van der Waals surface area contributed by atoms with E-state index >= 15 is 0 Å². The minimum Gasteiger partial charge on any atom is -0.298 e. The summed E-state index contributed by atoms with van der Waals surface area (Å²) in [4.78, 5) is 42.5. The van der Waals surface area contributed by atoms with Gasteiger partial charge < -0.3 is 0 Å². The molecule has 2 aliphatic rings. The van der Waals surface area contributed by atoms with Gasteiger partial charge in [0.15, 0.2) is 0 Å². The molecule has 8 nitrogen and oxygen atoms in total. The van der Waals surface area contributed by atoms with E-state index in [-0.39, 0.29) is 23.3 Å². The molecule has 0 saturated heterocycles. The fourth-order valence-corrected chi connectivity index (χ4v) is 4.10. The highest BCUT2D eigenvalue weighted by molar-refractivity contribution is 7.99. The van der Waals surface area contributed by atoms with E-state index < -0.39 is 11.8 Å². The number of hydrogen-bond acceptors (Lipinski definition) is 7. The zero-order valence-electron chi connectivity index (χ0n) is 15.2. The number of pyridine rings is 1. The van der Waals surface area contributed by atoms with E-state index in [0.717, 1.165) is 17.9 Å². The van der Waals surface area contributed by atoms with Crippen molar-refractivity contribution in [2.24, 2.45) is 5.92 Å². The van der Waals surface area contributed by atoms with Gasteiger partial charge >= 0.3 is 0 Å². The molecule has 1 saturated carbocycles. The van der Waals surface area contributed by atoms with Crippen LogP contribution in [0, 0.1) is 5.92 Å². The van der Waals surface area contributed by atoms with Gasteiger partial charge in [-0.05, 0) is 37.1 Å². The van der Waals surface area contributed by atoms with Crippen LogP contribution in [0.2, 0.25) is 0 Å². The van der Waals surface area contributed by atoms with Crippen molar-refractivity contribution in [2.45, 2.75) is 18.0 Å². The number of nitrogens with zero attached hydrogens (tertiary/aromatic N) is 5. The first-order valence-corrected chi connectivity index (χ1v) is 10.1. The molecule has 2 amide bonds. The predicted octanol–water partition coefficient (Wildman–Crippen LogP) is 2.34. The van der Waals surface area contributed by atoms with Gasteiger partial charge in [-0.2, -0.15) is 9.69 Å². The summed E-state index contributed by atoms with van der Waals surface area (Å²) >= 11 is 1.17. The number of amides is 2. The van der Waals surface area contributed by atoms with Crippen LogP contribution in [0.3, 0.4) is 0 Å². The van der Waals surface area contributed by atoms with Crippen LogP contribution in [-0.4, -0.2) is 43.2 Å². The third-order valence-corrected chi connectivity index (χ3v) is 5.80. The Balaban J connectivity index is 1.58. The van der Waals surface area contributed by atoms with Crippen molar-refractivity contribution in [1.29, 1.82) is 0 Å². The predicted molar refractivity (Wildman–Crippen MR) is 105 cm³/mol. The lowest BCUT2D eigenvalue weighted by Crippen LogP contribution is -2.41. The summed E-state index contributed by atoms with van der Waals surface area (Å²) in [6.45, 7) is 0. The number of imide groups is 1. The molecule has 0 radical (unpaired) electrons. The lowest BCUT2D eigenvalue weighted by Gasteiger charge is -2.18. The second-order valence-electron chi connectivity index (χ2n) is 6.83.